The molecule has 0 spiro atoms. The van der Waals surface area contributed by atoms with E-state index >= 15 is 0 Å². The van der Waals surface area contributed by atoms with Crippen molar-refractivity contribution in [3.8, 4) is 0 Å². The van der Waals surface area contributed by atoms with Gasteiger partial charge >= 0.3 is 5.97 Å². The number of quaternary nitrogens is 1. The lowest BCUT2D eigenvalue weighted by atomic mass is 9.91. The van der Waals surface area contributed by atoms with Crippen molar-refractivity contribution in [2.45, 2.75) is 36.7 Å². The van der Waals surface area contributed by atoms with Gasteiger partial charge in [0.15, 0.2) is 0 Å². The van der Waals surface area contributed by atoms with E-state index in [4.69, 9.17) is 4.74 Å². The minimum Gasteiger partial charge on any atom is -0.744 e. The van der Waals surface area contributed by atoms with Gasteiger partial charge in [0.05, 0.1) is 32.1 Å². The number of benzene rings is 3. The first-order chi connectivity index (χ1) is 16.5. The monoisotopic (exact) mass is 495 g/mol. The van der Waals surface area contributed by atoms with Crippen LogP contribution in [0.5, 0.6) is 0 Å². The Labute approximate surface area is 208 Å². The van der Waals surface area contributed by atoms with Crippen LogP contribution in [-0.2, 0) is 19.6 Å². The van der Waals surface area contributed by atoms with Gasteiger partial charge in [-0.3, -0.25) is 4.79 Å². The SMILES string of the molecule is C[N+]1(C)CCC(OC(=O)C(c2ccccc2)c2ccccc2)CC1.Cc1ccc(S(=O)(=O)[O-])cc1. The number of nitrogens with zero attached hydrogens (tertiary/aromatic N) is 1. The molecule has 1 aliphatic heterocycles. The number of carbonyl (C=O) groups excluding carboxylic acids is 1. The van der Waals surface area contributed by atoms with Gasteiger partial charge in [0.1, 0.15) is 22.1 Å². The van der Waals surface area contributed by atoms with Gasteiger partial charge in [-0.25, -0.2) is 8.42 Å². The fourth-order valence-electron chi connectivity index (χ4n) is 4.05. The van der Waals surface area contributed by atoms with Crippen LogP contribution in [0, 0.1) is 6.92 Å². The van der Waals surface area contributed by atoms with Gasteiger partial charge in [-0.05, 0) is 30.2 Å². The van der Waals surface area contributed by atoms with Crippen molar-refractivity contribution in [2.24, 2.45) is 0 Å². The van der Waals surface area contributed by atoms with Crippen molar-refractivity contribution in [1.29, 1.82) is 0 Å². The van der Waals surface area contributed by atoms with Crippen LogP contribution in [0.2, 0.25) is 0 Å². The van der Waals surface area contributed by atoms with Crippen molar-refractivity contribution >= 4 is 16.1 Å². The number of ether oxygens (including phenoxy) is 1. The topological polar surface area (TPSA) is 83.5 Å². The quantitative estimate of drug-likeness (QED) is 0.296. The van der Waals surface area contributed by atoms with Crippen LogP contribution in [0.15, 0.2) is 89.8 Å². The Bertz CT molecular complexity index is 1140. The zero-order valence-corrected chi connectivity index (χ0v) is 21.3. The molecular formula is C28H33NO5S. The number of hydrogen-bond acceptors (Lipinski definition) is 5. The third-order valence-corrected chi connectivity index (χ3v) is 7.06. The van der Waals surface area contributed by atoms with Crippen molar-refractivity contribution in [1.82, 2.24) is 0 Å². The summed E-state index contributed by atoms with van der Waals surface area (Å²) in [6.45, 7) is 3.93. The Morgan fingerprint density at radius 2 is 1.31 bits per heavy atom. The van der Waals surface area contributed by atoms with Gasteiger partial charge in [-0.15, -0.1) is 0 Å². The molecule has 0 amide bonds. The van der Waals surface area contributed by atoms with Crippen LogP contribution in [0.4, 0.5) is 0 Å². The Hall–Kier alpha value is -3.00. The van der Waals surface area contributed by atoms with Crippen molar-refractivity contribution in [3.05, 3.63) is 102 Å². The zero-order valence-electron chi connectivity index (χ0n) is 20.5. The highest BCUT2D eigenvalue weighted by atomic mass is 32.2. The van der Waals surface area contributed by atoms with E-state index in [-0.39, 0.29) is 22.9 Å². The first-order valence-corrected chi connectivity index (χ1v) is 13.1. The third kappa shape index (κ3) is 8.02. The highest BCUT2D eigenvalue weighted by Crippen LogP contribution is 2.28. The number of esters is 1. The number of piperidine rings is 1. The van der Waals surface area contributed by atoms with Crippen LogP contribution >= 0.6 is 0 Å². The largest absolute Gasteiger partial charge is 0.744 e. The van der Waals surface area contributed by atoms with E-state index < -0.39 is 10.1 Å². The van der Waals surface area contributed by atoms with Gasteiger partial charge in [0.25, 0.3) is 0 Å². The molecule has 3 aromatic rings. The Balaban J connectivity index is 0.000000261. The first-order valence-electron chi connectivity index (χ1n) is 11.7. The van der Waals surface area contributed by atoms with E-state index in [9.17, 15) is 17.8 Å². The predicted octanol–water partition coefficient (Wildman–Crippen LogP) is 4.50. The lowest BCUT2D eigenvalue weighted by molar-refractivity contribution is -0.896. The summed E-state index contributed by atoms with van der Waals surface area (Å²) in [5.41, 5.74) is 2.90. The Morgan fingerprint density at radius 1 is 0.857 bits per heavy atom. The molecule has 6 nitrogen and oxygen atoms in total. The molecule has 0 unspecified atom stereocenters. The van der Waals surface area contributed by atoms with E-state index in [0.717, 1.165) is 47.1 Å². The first kappa shape index (κ1) is 26.6. The van der Waals surface area contributed by atoms with Crippen LogP contribution in [0.25, 0.3) is 0 Å². The number of carbonyl (C=O) groups is 1. The van der Waals surface area contributed by atoms with E-state index in [0.29, 0.717) is 0 Å². The highest BCUT2D eigenvalue weighted by molar-refractivity contribution is 7.85. The molecule has 1 heterocycles. The molecule has 0 aliphatic carbocycles. The standard InChI is InChI=1S/C21H26NO2.C7H8O3S/c1-22(2)15-13-19(14-16-22)24-21(23)20(17-9-5-3-6-10-17)18-11-7-4-8-12-18;1-6-2-4-7(5-3-6)11(8,9)10/h3-12,19-20H,13-16H2,1-2H3;2-5H,1H3,(H,8,9,10)/q+1;/p-1. The van der Waals surface area contributed by atoms with E-state index in [2.05, 4.69) is 14.1 Å². The number of hydrogen-bond donors (Lipinski definition) is 0. The fraction of sp³-hybridized carbons (Fsp3) is 0.321. The summed E-state index contributed by atoms with van der Waals surface area (Å²) in [6.07, 6.45) is 1.92. The second kappa shape index (κ2) is 11.6. The summed E-state index contributed by atoms with van der Waals surface area (Å²) < 4.78 is 38.1. The minimum absolute atomic E-state index is 0.0403. The molecule has 186 valence electrons. The van der Waals surface area contributed by atoms with Crippen LogP contribution in [0.3, 0.4) is 0 Å². The normalized spacial score (nSPS) is 15.7. The molecule has 0 aromatic heterocycles. The Kier molecular flexibility index (Phi) is 8.83. The zero-order chi connectivity index (χ0) is 25.5. The summed E-state index contributed by atoms with van der Waals surface area (Å²) in [5.74, 6) is -0.485. The van der Waals surface area contributed by atoms with Gasteiger partial charge in [-0.2, -0.15) is 0 Å². The number of rotatable bonds is 5. The van der Waals surface area contributed by atoms with Crippen molar-refractivity contribution < 1.29 is 27.0 Å². The van der Waals surface area contributed by atoms with Gasteiger partial charge in [-0.1, -0.05) is 78.4 Å². The second-order valence-electron chi connectivity index (χ2n) is 9.54. The number of aryl methyl sites for hydroxylation is 1. The fourth-order valence-corrected chi connectivity index (χ4v) is 4.52. The lowest BCUT2D eigenvalue weighted by Gasteiger charge is -2.37. The summed E-state index contributed by atoms with van der Waals surface area (Å²) in [4.78, 5) is 12.8. The van der Waals surface area contributed by atoms with Crippen LogP contribution in [0.1, 0.15) is 35.4 Å². The maximum atomic E-state index is 12.9. The molecule has 35 heavy (non-hydrogen) atoms. The van der Waals surface area contributed by atoms with E-state index in [1.54, 1.807) is 12.1 Å². The van der Waals surface area contributed by atoms with Crippen molar-refractivity contribution in [3.63, 3.8) is 0 Å². The molecule has 3 aromatic carbocycles. The maximum Gasteiger partial charge on any atom is 0.318 e. The summed E-state index contributed by atoms with van der Waals surface area (Å²) in [7, 11) is 0.192. The van der Waals surface area contributed by atoms with Crippen LogP contribution < -0.4 is 0 Å². The second-order valence-corrected chi connectivity index (χ2v) is 10.9. The minimum atomic E-state index is -4.27. The highest BCUT2D eigenvalue weighted by Gasteiger charge is 2.31. The molecule has 1 fully saturated rings. The molecule has 7 heteroatoms. The molecule has 0 bridgehead atoms. The molecule has 1 saturated heterocycles. The Morgan fingerprint density at radius 3 is 1.74 bits per heavy atom. The lowest BCUT2D eigenvalue weighted by Crippen LogP contribution is -2.48. The smallest absolute Gasteiger partial charge is 0.318 e. The van der Waals surface area contributed by atoms with E-state index in [1.807, 2.05) is 67.6 Å². The average Bonchev–Trinajstić information content (AvgIpc) is 2.82. The molecular weight excluding hydrogens is 462 g/mol. The molecule has 0 N–H and O–H groups in total. The van der Waals surface area contributed by atoms with Gasteiger partial charge in [0, 0.05) is 12.8 Å². The van der Waals surface area contributed by atoms with Gasteiger partial charge < -0.3 is 13.8 Å². The predicted molar refractivity (Wildman–Crippen MR) is 135 cm³/mol. The summed E-state index contributed by atoms with van der Waals surface area (Å²) in [5, 5.41) is 0. The molecule has 1 aliphatic rings. The van der Waals surface area contributed by atoms with E-state index in [1.165, 1.54) is 12.1 Å². The molecule has 0 saturated carbocycles. The van der Waals surface area contributed by atoms with Crippen molar-refractivity contribution in [2.75, 3.05) is 27.2 Å². The number of likely N-dealkylation sites (tertiary alicyclic amines) is 1. The molecule has 0 radical (unpaired) electrons. The summed E-state index contributed by atoms with van der Waals surface area (Å²) in [6, 6.07) is 25.6. The third-order valence-electron chi connectivity index (χ3n) is 6.21. The maximum absolute atomic E-state index is 12.9. The molecule has 0 atom stereocenters. The average molecular weight is 496 g/mol. The molecule has 4 rings (SSSR count). The summed E-state index contributed by atoms with van der Waals surface area (Å²) >= 11 is 0. The van der Waals surface area contributed by atoms with Gasteiger partial charge in [0.2, 0.25) is 0 Å². The van der Waals surface area contributed by atoms with Crippen LogP contribution in [-0.4, -0.2) is 56.7 Å².